The summed E-state index contributed by atoms with van der Waals surface area (Å²) >= 11 is 0. The second-order valence-electron chi connectivity index (χ2n) is 5.23. The first kappa shape index (κ1) is 14.0. The normalized spacial score (nSPS) is 12.4. The lowest BCUT2D eigenvalue weighted by molar-refractivity contribution is 0.315. The third-order valence-corrected chi connectivity index (χ3v) is 2.88. The van der Waals surface area contributed by atoms with Gasteiger partial charge < -0.3 is 5.32 Å². The van der Waals surface area contributed by atoms with Crippen molar-refractivity contribution in [3.63, 3.8) is 0 Å². The van der Waals surface area contributed by atoms with Crippen molar-refractivity contribution in [2.24, 2.45) is 5.41 Å². The van der Waals surface area contributed by atoms with E-state index in [4.69, 9.17) is 10.7 Å². The second-order valence-corrected chi connectivity index (χ2v) is 5.23. The van der Waals surface area contributed by atoms with Crippen molar-refractivity contribution in [3.8, 4) is 6.19 Å². The summed E-state index contributed by atoms with van der Waals surface area (Å²) in [6, 6.07) is 3.56. The molecule has 0 fully saturated rings. The molecule has 5 heteroatoms. The van der Waals surface area contributed by atoms with Gasteiger partial charge in [-0.25, -0.2) is 4.90 Å². The molecule has 0 radical (unpaired) electrons. The Labute approximate surface area is 108 Å². The van der Waals surface area contributed by atoms with E-state index in [0.29, 0.717) is 5.69 Å². The van der Waals surface area contributed by atoms with Gasteiger partial charge >= 0.3 is 0 Å². The number of pyridine rings is 1. The van der Waals surface area contributed by atoms with Crippen LogP contribution in [0.5, 0.6) is 0 Å². The van der Waals surface area contributed by atoms with Crippen LogP contribution >= 0.6 is 0 Å². The zero-order valence-electron chi connectivity index (χ0n) is 11.2. The van der Waals surface area contributed by atoms with E-state index in [1.807, 2.05) is 13.1 Å². The SMILES string of the molecule is CC(NC(=N)N(C#N)c1cccnc1)C(C)(C)C. The molecule has 96 valence electrons. The molecule has 0 aliphatic carbocycles. The fourth-order valence-electron chi connectivity index (χ4n) is 1.21. The van der Waals surface area contributed by atoms with Gasteiger partial charge in [0.2, 0.25) is 5.96 Å². The van der Waals surface area contributed by atoms with Crippen molar-refractivity contribution in [2.75, 3.05) is 4.90 Å². The summed E-state index contributed by atoms with van der Waals surface area (Å²) in [6.45, 7) is 8.24. The van der Waals surface area contributed by atoms with E-state index in [9.17, 15) is 0 Å². The van der Waals surface area contributed by atoms with Gasteiger partial charge in [0.25, 0.3) is 0 Å². The maximum Gasteiger partial charge on any atom is 0.209 e. The molecule has 1 aromatic rings. The minimum Gasteiger partial charge on any atom is -0.352 e. The van der Waals surface area contributed by atoms with Crippen LogP contribution in [0.4, 0.5) is 5.69 Å². The Kier molecular flexibility index (Phi) is 4.27. The molecule has 0 saturated heterocycles. The van der Waals surface area contributed by atoms with E-state index in [1.165, 1.54) is 4.90 Å². The molecule has 2 N–H and O–H groups in total. The van der Waals surface area contributed by atoms with Crippen molar-refractivity contribution in [2.45, 2.75) is 33.7 Å². The van der Waals surface area contributed by atoms with Gasteiger partial charge in [0.05, 0.1) is 11.9 Å². The van der Waals surface area contributed by atoms with Gasteiger partial charge in [0, 0.05) is 12.2 Å². The van der Waals surface area contributed by atoms with Crippen LogP contribution in [0.3, 0.4) is 0 Å². The Bertz CT molecular complexity index is 441. The van der Waals surface area contributed by atoms with Gasteiger partial charge in [-0.15, -0.1) is 0 Å². The van der Waals surface area contributed by atoms with Crippen LogP contribution in [0.1, 0.15) is 27.7 Å². The molecule has 0 aromatic carbocycles. The molecular formula is C13H19N5. The van der Waals surface area contributed by atoms with Gasteiger partial charge in [0.1, 0.15) is 0 Å². The highest BCUT2D eigenvalue weighted by Gasteiger charge is 2.23. The summed E-state index contributed by atoms with van der Waals surface area (Å²) in [6.07, 6.45) is 5.17. The third kappa shape index (κ3) is 3.45. The number of hydrogen-bond donors (Lipinski definition) is 2. The highest BCUT2D eigenvalue weighted by Crippen LogP contribution is 2.19. The number of hydrogen-bond acceptors (Lipinski definition) is 3. The summed E-state index contributed by atoms with van der Waals surface area (Å²) < 4.78 is 0. The van der Waals surface area contributed by atoms with E-state index in [0.717, 1.165) is 0 Å². The first-order chi connectivity index (χ1) is 8.36. The largest absolute Gasteiger partial charge is 0.352 e. The van der Waals surface area contributed by atoms with Crippen molar-refractivity contribution in [3.05, 3.63) is 24.5 Å². The van der Waals surface area contributed by atoms with Crippen LogP contribution in [0.25, 0.3) is 0 Å². The van der Waals surface area contributed by atoms with E-state index in [1.54, 1.807) is 24.5 Å². The second kappa shape index (κ2) is 5.50. The molecule has 1 unspecified atom stereocenters. The lowest BCUT2D eigenvalue weighted by atomic mass is 9.88. The number of nitrogens with one attached hydrogen (secondary N) is 2. The summed E-state index contributed by atoms with van der Waals surface area (Å²) in [5.74, 6) is 0.0629. The lowest BCUT2D eigenvalue weighted by Gasteiger charge is -2.30. The Hall–Kier alpha value is -2.09. The van der Waals surface area contributed by atoms with E-state index >= 15 is 0 Å². The van der Waals surface area contributed by atoms with Crippen LogP contribution in [-0.4, -0.2) is 17.0 Å². The molecule has 0 aliphatic heterocycles. The highest BCUT2D eigenvalue weighted by molar-refractivity contribution is 5.96. The summed E-state index contributed by atoms with van der Waals surface area (Å²) in [7, 11) is 0. The van der Waals surface area contributed by atoms with E-state index in [2.05, 4.69) is 31.1 Å². The average Bonchev–Trinajstić information content (AvgIpc) is 2.30. The van der Waals surface area contributed by atoms with Crippen LogP contribution in [0.15, 0.2) is 24.5 Å². The predicted octanol–water partition coefficient (Wildman–Crippen LogP) is 2.33. The molecule has 5 nitrogen and oxygen atoms in total. The minimum atomic E-state index is 0.0162. The first-order valence-electron chi connectivity index (χ1n) is 5.81. The van der Waals surface area contributed by atoms with Gasteiger partial charge in [-0.05, 0) is 24.5 Å². The van der Waals surface area contributed by atoms with E-state index < -0.39 is 0 Å². The molecule has 1 aromatic heterocycles. The predicted molar refractivity (Wildman–Crippen MR) is 72.1 cm³/mol. The zero-order valence-corrected chi connectivity index (χ0v) is 11.2. The van der Waals surface area contributed by atoms with Crippen molar-refractivity contribution in [1.82, 2.24) is 10.3 Å². The Morgan fingerprint density at radius 2 is 2.22 bits per heavy atom. The molecule has 0 spiro atoms. The number of aromatic nitrogens is 1. The van der Waals surface area contributed by atoms with Crippen molar-refractivity contribution < 1.29 is 0 Å². The number of nitriles is 1. The van der Waals surface area contributed by atoms with Gasteiger partial charge in [-0.1, -0.05) is 20.8 Å². The molecule has 1 rings (SSSR count). The Balaban J connectivity index is 2.80. The van der Waals surface area contributed by atoms with Crippen LogP contribution in [0.2, 0.25) is 0 Å². The average molecular weight is 245 g/mol. The Morgan fingerprint density at radius 3 is 2.67 bits per heavy atom. The summed E-state index contributed by atoms with van der Waals surface area (Å²) in [5.41, 5.74) is 0.598. The van der Waals surface area contributed by atoms with Crippen LogP contribution in [-0.2, 0) is 0 Å². The number of nitrogens with zero attached hydrogens (tertiary/aromatic N) is 3. The standard InChI is InChI=1S/C13H19N5/c1-10(13(2,3)4)17-12(15)18(9-14)11-6-5-7-16-8-11/h5-8,10H,1-4H3,(H2,15,17). The lowest BCUT2D eigenvalue weighted by Crippen LogP contribution is -2.47. The molecular weight excluding hydrogens is 226 g/mol. The topological polar surface area (TPSA) is 75.8 Å². The quantitative estimate of drug-likeness (QED) is 0.363. The summed E-state index contributed by atoms with van der Waals surface area (Å²) in [5, 5.41) is 20.1. The maximum absolute atomic E-state index is 9.13. The van der Waals surface area contributed by atoms with E-state index in [-0.39, 0.29) is 17.4 Å². The maximum atomic E-state index is 9.13. The third-order valence-electron chi connectivity index (χ3n) is 2.88. The Morgan fingerprint density at radius 1 is 1.56 bits per heavy atom. The number of guanidine groups is 1. The molecule has 1 atom stereocenters. The summed E-state index contributed by atoms with van der Waals surface area (Å²) in [4.78, 5) is 5.16. The molecule has 0 saturated carbocycles. The number of rotatable bonds is 2. The van der Waals surface area contributed by atoms with Gasteiger partial charge in [-0.2, -0.15) is 5.26 Å². The smallest absolute Gasteiger partial charge is 0.209 e. The molecule has 1 heterocycles. The number of anilines is 1. The van der Waals surface area contributed by atoms with Gasteiger partial charge in [0.15, 0.2) is 6.19 Å². The van der Waals surface area contributed by atoms with Gasteiger partial charge in [-0.3, -0.25) is 10.4 Å². The van der Waals surface area contributed by atoms with Crippen LogP contribution in [0, 0.1) is 22.3 Å². The minimum absolute atomic E-state index is 0.0162. The molecule has 18 heavy (non-hydrogen) atoms. The monoisotopic (exact) mass is 245 g/mol. The molecule has 0 amide bonds. The molecule has 0 aliphatic rings. The first-order valence-corrected chi connectivity index (χ1v) is 5.81. The van der Waals surface area contributed by atoms with Crippen molar-refractivity contribution >= 4 is 11.6 Å². The fraction of sp³-hybridized carbons (Fsp3) is 0.462. The molecule has 0 bridgehead atoms. The highest BCUT2D eigenvalue weighted by atomic mass is 15.3. The zero-order chi connectivity index (χ0) is 13.8. The van der Waals surface area contributed by atoms with Crippen molar-refractivity contribution in [1.29, 1.82) is 10.7 Å². The van der Waals surface area contributed by atoms with Crippen LogP contribution < -0.4 is 10.2 Å². The fourth-order valence-corrected chi connectivity index (χ4v) is 1.21.